The third-order valence-corrected chi connectivity index (χ3v) is 4.13. The van der Waals surface area contributed by atoms with Gasteiger partial charge >= 0.3 is 0 Å². The molecule has 0 spiro atoms. The minimum atomic E-state index is -0.605. The van der Waals surface area contributed by atoms with Crippen molar-refractivity contribution in [2.45, 2.75) is 32.2 Å². The van der Waals surface area contributed by atoms with Crippen LogP contribution in [0.25, 0.3) is 0 Å². The molecule has 1 fully saturated rings. The summed E-state index contributed by atoms with van der Waals surface area (Å²) in [6.45, 7) is 5.40. The van der Waals surface area contributed by atoms with Crippen molar-refractivity contribution in [1.29, 1.82) is 0 Å². The van der Waals surface area contributed by atoms with Gasteiger partial charge < -0.3 is 5.32 Å². The van der Waals surface area contributed by atoms with Crippen molar-refractivity contribution >= 4 is 36.4 Å². The Morgan fingerprint density at radius 3 is 2.45 bits per heavy atom. The second-order valence-corrected chi connectivity index (χ2v) is 5.61. The van der Waals surface area contributed by atoms with Crippen molar-refractivity contribution in [1.82, 2.24) is 10.2 Å². The summed E-state index contributed by atoms with van der Waals surface area (Å²) in [7, 11) is 0. The lowest BCUT2D eigenvalue weighted by molar-refractivity contribution is 0.156. The van der Waals surface area contributed by atoms with Gasteiger partial charge in [-0.1, -0.05) is 31.4 Å². The molecule has 1 aromatic rings. The van der Waals surface area contributed by atoms with Crippen LogP contribution in [0.4, 0.5) is 8.78 Å². The van der Waals surface area contributed by atoms with Gasteiger partial charge in [0.25, 0.3) is 0 Å². The first kappa shape index (κ1) is 21.9. The number of hydrogen-bond donors (Lipinski definition) is 1. The van der Waals surface area contributed by atoms with Crippen LogP contribution in [0.3, 0.4) is 0 Å². The maximum atomic E-state index is 14.3. The first-order valence-electron chi connectivity index (χ1n) is 7.23. The van der Waals surface area contributed by atoms with E-state index in [0.29, 0.717) is 0 Å². The van der Waals surface area contributed by atoms with Gasteiger partial charge in [-0.3, -0.25) is 4.90 Å². The maximum absolute atomic E-state index is 14.3. The average molecular weight is 376 g/mol. The van der Waals surface area contributed by atoms with Crippen molar-refractivity contribution in [2.24, 2.45) is 0 Å². The van der Waals surface area contributed by atoms with Crippen molar-refractivity contribution in [3.05, 3.63) is 34.4 Å². The van der Waals surface area contributed by atoms with Gasteiger partial charge in [0.05, 0.1) is 5.02 Å². The smallest absolute Gasteiger partial charge is 0.149 e. The summed E-state index contributed by atoms with van der Waals surface area (Å²) in [5.41, 5.74) is 0.132. The molecule has 7 heteroatoms. The summed E-state index contributed by atoms with van der Waals surface area (Å²) in [5, 5.41) is 3.26. The lowest BCUT2D eigenvalue weighted by atomic mass is 9.97. The molecular formula is C15H23Cl3F2N2. The summed E-state index contributed by atoms with van der Waals surface area (Å²) in [4.78, 5) is 2.16. The van der Waals surface area contributed by atoms with Crippen LogP contribution >= 0.6 is 36.4 Å². The highest BCUT2D eigenvalue weighted by Gasteiger charge is 2.28. The van der Waals surface area contributed by atoms with Crippen LogP contribution in [0.5, 0.6) is 0 Å². The molecule has 128 valence electrons. The molecule has 1 aromatic carbocycles. The molecule has 2 nitrogen and oxygen atoms in total. The molecule has 1 atom stereocenters. The van der Waals surface area contributed by atoms with Gasteiger partial charge in [-0.15, -0.1) is 24.8 Å². The predicted octanol–water partition coefficient (Wildman–Crippen LogP) is 4.60. The molecule has 1 heterocycles. The van der Waals surface area contributed by atoms with Gasteiger partial charge in [-0.25, -0.2) is 8.78 Å². The Kier molecular flexibility index (Phi) is 10.5. The molecule has 22 heavy (non-hydrogen) atoms. The van der Waals surface area contributed by atoms with Crippen LogP contribution in [0.2, 0.25) is 5.02 Å². The van der Waals surface area contributed by atoms with E-state index in [0.717, 1.165) is 45.4 Å². The first-order valence-corrected chi connectivity index (χ1v) is 7.61. The van der Waals surface area contributed by atoms with Crippen LogP contribution in [-0.4, -0.2) is 31.1 Å². The molecule has 0 saturated carbocycles. The van der Waals surface area contributed by atoms with Crippen LogP contribution in [0.1, 0.15) is 37.8 Å². The van der Waals surface area contributed by atoms with Gasteiger partial charge in [0.2, 0.25) is 0 Å². The zero-order valence-corrected chi connectivity index (χ0v) is 15.0. The van der Waals surface area contributed by atoms with Crippen LogP contribution in [0, 0.1) is 11.6 Å². The topological polar surface area (TPSA) is 15.3 Å². The van der Waals surface area contributed by atoms with E-state index in [1.165, 1.54) is 12.1 Å². The van der Waals surface area contributed by atoms with Gasteiger partial charge in [0.1, 0.15) is 11.6 Å². The fraction of sp³-hybridized carbons (Fsp3) is 0.600. The lowest BCUT2D eigenvalue weighted by Crippen LogP contribution is -2.45. The lowest BCUT2D eigenvalue weighted by Gasteiger charge is -2.35. The van der Waals surface area contributed by atoms with Crippen LogP contribution in [0.15, 0.2) is 12.1 Å². The summed E-state index contributed by atoms with van der Waals surface area (Å²) in [6.07, 6.45) is 2.71. The summed E-state index contributed by atoms with van der Waals surface area (Å²) in [6, 6.07) is 2.32. The number of rotatable bonds is 5. The normalized spacial score (nSPS) is 16.5. The molecule has 0 aromatic heterocycles. The quantitative estimate of drug-likeness (QED) is 0.757. The molecule has 0 unspecified atom stereocenters. The monoisotopic (exact) mass is 374 g/mol. The fourth-order valence-electron chi connectivity index (χ4n) is 2.75. The maximum Gasteiger partial charge on any atom is 0.149 e. The Bertz CT molecular complexity index is 455. The minimum Gasteiger partial charge on any atom is -0.314 e. The fourth-order valence-corrected chi connectivity index (χ4v) is 2.91. The molecule has 0 aliphatic carbocycles. The highest BCUT2D eigenvalue weighted by Crippen LogP contribution is 2.33. The Labute approximate surface area is 148 Å². The van der Waals surface area contributed by atoms with Gasteiger partial charge in [-0.05, 0) is 18.6 Å². The van der Waals surface area contributed by atoms with E-state index in [-0.39, 0.29) is 41.4 Å². The Balaban J connectivity index is 0.00000220. The molecule has 0 amide bonds. The van der Waals surface area contributed by atoms with E-state index in [9.17, 15) is 8.78 Å². The molecule has 0 bridgehead atoms. The molecule has 1 saturated heterocycles. The largest absolute Gasteiger partial charge is 0.314 e. The molecule has 0 radical (unpaired) electrons. The number of nitrogens with one attached hydrogen (secondary N) is 1. The predicted molar refractivity (Wildman–Crippen MR) is 92.6 cm³/mol. The second-order valence-electron chi connectivity index (χ2n) is 5.20. The number of halogens is 5. The van der Waals surface area contributed by atoms with Gasteiger partial charge in [-0.2, -0.15) is 0 Å². The number of nitrogens with zero attached hydrogens (tertiary/aromatic N) is 1. The Morgan fingerprint density at radius 2 is 1.86 bits per heavy atom. The minimum absolute atomic E-state index is 0. The third kappa shape index (κ3) is 5.20. The third-order valence-electron chi connectivity index (χ3n) is 3.84. The van der Waals surface area contributed by atoms with E-state index >= 15 is 0 Å². The van der Waals surface area contributed by atoms with Gasteiger partial charge in [0, 0.05) is 37.8 Å². The van der Waals surface area contributed by atoms with Crippen molar-refractivity contribution in [3.8, 4) is 0 Å². The van der Waals surface area contributed by atoms with E-state index in [2.05, 4.69) is 17.1 Å². The van der Waals surface area contributed by atoms with E-state index < -0.39 is 11.6 Å². The summed E-state index contributed by atoms with van der Waals surface area (Å²) >= 11 is 5.83. The Morgan fingerprint density at radius 1 is 1.23 bits per heavy atom. The number of benzene rings is 1. The van der Waals surface area contributed by atoms with E-state index in [4.69, 9.17) is 11.6 Å². The standard InChI is InChI=1S/C15H21ClF2N2.2ClH/c1-2-3-4-13(20-9-7-19-8-10-20)14-12(17)6-5-11(16)15(14)18;;/h5-6,13,19H,2-4,7-10H2,1H3;2*1H/t13-;;/m1../s1. The van der Waals surface area contributed by atoms with Crippen molar-refractivity contribution < 1.29 is 8.78 Å². The zero-order valence-electron chi connectivity index (χ0n) is 12.6. The molecule has 2 rings (SSSR count). The first-order chi connectivity index (χ1) is 9.65. The van der Waals surface area contributed by atoms with Crippen LogP contribution in [-0.2, 0) is 0 Å². The molecule has 1 aliphatic rings. The SMILES string of the molecule is CCCC[C@H](c1c(F)ccc(Cl)c1F)N1CCNCC1.Cl.Cl. The average Bonchev–Trinajstić information content (AvgIpc) is 2.47. The van der Waals surface area contributed by atoms with Crippen molar-refractivity contribution in [3.63, 3.8) is 0 Å². The molecule has 1 aliphatic heterocycles. The summed E-state index contributed by atoms with van der Waals surface area (Å²) < 4.78 is 28.4. The Hall–Kier alpha value is -0.130. The van der Waals surface area contributed by atoms with Crippen LogP contribution < -0.4 is 5.32 Å². The van der Waals surface area contributed by atoms with E-state index in [1.54, 1.807) is 0 Å². The highest BCUT2D eigenvalue weighted by atomic mass is 35.5. The molecular weight excluding hydrogens is 353 g/mol. The second kappa shape index (κ2) is 10.6. The van der Waals surface area contributed by atoms with Crippen molar-refractivity contribution in [2.75, 3.05) is 26.2 Å². The number of piperazine rings is 1. The van der Waals surface area contributed by atoms with E-state index in [1.807, 2.05) is 0 Å². The zero-order chi connectivity index (χ0) is 14.5. The highest BCUT2D eigenvalue weighted by molar-refractivity contribution is 6.30. The number of hydrogen-bond acceptors (Lipinski definition) is 2. The number of unbranched alkanes of at least 4 members (excludes halogenated alkanes) is 1. The van der Waals surface area contributed by atoms with Gasteiger partial charge in [0.15, 0.2) is 0 Å². The molecule has 1 N–H and O–H groups in total. The summed E-state index contributed by atoms with van der Waals surface area (Å²) in [5.74, 6) is -1.10.